The molecule has 0 aromatic heterocycles. The third-order valence-electron chi connectivity index (χ3n) is 3.25. The average Bonchev–Trinajstić information content (AvgIpc) is 2.30. The molecule has 0 aliphatic rings. The maximum Gasteiger partial charge on any atom is -0.0290 e. The fourth-order valence-electron chi connectivity index (χ4n) is 2.12. The Morgan fingerprint density at radius 2 is 1.18 bits per heavy atom. The largest absolute Gasteiger partial charge is 0.0883 e. The van der Waals surface area contributed by atoms with Crippen LogP contribution in [-0.2, 0) is 0 Å². The van der Waals surface area contributed by atoms with Gasteiger partial charge in [-0.3, -0.25) is 0 Å². The van der Waals surface area contributed by atoms with Crippen molar-refractivity contribution in [1.82, 2.24) is 0 Å². The Balaban J connectivity index is 2.99. The monoisotopic (exact) mass is 238 g/mol. The zero-order chi connectivity index (χ0) is 12.8. The Bertz CT molecular complexity index is 155. The van der Waals surface area contributed by atoms with Gasteiger partial charge in [0.1, 0.15) is 0 Å². The van der Waals surface area contributed by atoms with E-state index in [0.29, 0.717) is 0 Å². The van der Waals surface area contributed by atoms with Gasteiger partial charge < -0.3 is 0 Å². The molecule has 0 aromatic carbocycles. The van der Waals surface area contributed by atoms with Crippen LogP contribution < -0.4 is 0 Å². The lowest BCUT2D eigenvalue weighted by molar-refractivity contribution is 0.557. The molecule has 0 atom stereocenters. The summed E-state index contributed by atoms with van der Waals surface area (Å²) in [5.74, 6) is 0.720. The highest BCUT2D eigenvalue weighted by Crippen LogP contribution is 2.11. The highest BCUT2D eigenvalue weighted by Gasteiger charge is 1.92. The van der Waals surface area contributed by atoms with Crippen molar-refractivity contribution in [2.24, 2.45) is 5.92 Å². The van der Waals surface area contributed by atoms with E-state index in [2.05, 4.69) is 32.9 Å². The fourth-order valence-corrected chi connectivity index (χ4v) is 2.12. The minimum absolute atomic E-state index is 0.720. The molecule has 0 nitrogen and oxygen atoms in total. The maximum absolute atomic E-state index is 2.36. The smallest absolute Gasteiger partial charge is 0.0290 e. The molecule has 0 heteroatoms. The molecule has 102 valence electrons. The summed E-state index contributed by atoms with van der Waals surface area (Å²) >= 11 is 0. The molecule has 0 fully saturated rings. The number of rotatable bonds is 12. The molecule has 17 heavy (non-hydrogen) atoms. The Hall–Kier alpha value is -0.260. The molecular weight excluding hydrogens is 204 g/mol. The number of unbranched alkanes of at least 4 members (excludes halogenated alkanes) is 10. The molecule has 0 aliphatic carbocycles. The molecule has 0 rings (SSSR count). The van der Waals surface area contributed by atoms with E-state index in [1.165, 1.54) is 70.6 Å². The van der Waals surface area contributed by atoms with Crippen LogP contribution in [0.4, 0.5) is 0 Å². The highest BCUT2D eigenvalue weighted by molar-refractivity contribution is 4.83. The average molecular weight is 238 g/mol. The molecule has 0 bridgehead atoms. The highest BCUT2D eigenvalue weighted by atomic mass is 14.0. The van der Waals surface area contributed by atoms with Gasteiger partial charge in [0.05, 0.1) is 0 Å². The van der Waals surface area contributed by atoms with Crippen molar-refractivity contribution < 1.29 is 0 Å². The third-order valence-corrected chi connectivity index (χ3v) is 3.25. The van der Waals surface area contributed by atoms with Gasteiger partial charge in [-0.25, -0.2) is 0 Å². The standard InChI is InChI=1S/C17H34/c1-4-5-6-7-8-9-10-11-12-13-14-15-16-17(2)3/h15-17H,4-14H2,1-3H3. The summed E-state index contributed by atoms with van der Waals surface area (Å²) in [6, 6.07) is 0. The van der Waals surface area contributed by atoms with E-state index >= 15 is 0 Å². The summed E-state index contributed by atoms with van der Waals surface area (Å²) in [5.41, 5.74) is 0. The van der Waals surface area contributed by atoms with E-state index < -0.39 is 0 Å². The summed E-state index contributed by atoms with van der Waals surface area (Å²) in [6.45, 7) is 6.78. The summed E-state index contributed by atoms with van der Waals surface area (Å²) in [7, 11) is 0. The van der Waals surface area contributed by atoms with E-state index in [0.717, 1.165) is 5.92 Å². The molecule has 0 saturated heterocycles. The summed E-state index contributed by atoms with van der Waals surface area (Å²) in [4.78, 5) is 0. The van der Waals surface area contributed by atoms with Gasteiger partial charge in [-0.05, 0) is 18.8 Å². The van der Waals surface area contributed by atoms with Gasteiger partial charge in [0.2, 0.25) is 0 Å². The van der Waals surface area contributed by atoms with Crippen LogP contribution in [0.5, 0.6) is 0 Å². The van der Waals surface area contributed by atoms with Crippen LogP contribution in [0.15, 0.2) is 12.2 Å². The molecule has 0 saturated carbocycles. The zero-order valence-electron chi connectivity index (χ0n) is 12.5. The van der Waals surface area contributed by atoms with Gasteiger partial charge in [-0.1, -0.05) is 90.7 Å². The second kappa shape index (κ2) is 13.8. The van der Waals surface area contributed by atoms with Crippen LogP contribution in [0.2, 0.25) is 0 Å². The van der Waals surface area contributed by atoms with Crippen LogP contribution in [0, 0.1) is 5.92 Å². The summed E-state index contributed by atoms with van der Waals surface area (Å²) in [6.07, 6.45) is 20.3. The zero-order valence-corrected chi connectivity index (χ0v) is 12.5. The Kier molecular flexibility index (Phi) is 13.6. The van der Waals surface area contributed by atoms with Crippen molar-refractivity contribution in [2.75, 3.05) is 0 Å². The SMILES string of the molecule is CCCCCCCCCCCCC=CC(C)C. The first-order valence-corrected chi connectivity index (χ1v) is 7.94. The van der Waals surface area contributed by atoms with Crippen LogP contribution in [-0.4, -0.2) is 0 Å². The molecule has 0 N–H and O–H groups in total. The molecule has 0 radical (unpaired) electrons. The molecule has 0 unspecified atom stereocenters. The lowest BCUT2D eigenvalue weighted by atomic mass is 10.1. The normalized spacial score (nSPS) is 11.8. The predicted octanol–water partition coefficient (Wildman–Crippen LogP) is 6.51. The molecule has 0 amide bonds. The van der Waals surface area contributed by atoms with Crippen LogP contribution in [0.3, 0.4) is 0 Å². The van der Waals surface area contributed by atoms with Gasteiger partial charge in [0, 0.05) is 0 Å². The van der Waals surface area contributed by atoms with E-state index in [4.69, 9.17) is 0 Å². The Labute approximate surface area is 110 Å². The number of hydrogen-bond acceptors (Lipinski definition) is 0. The predicted molar refractivity (Wildman–Crippen MR) is 80.4 cm³/mol. The van der Waals surface area contributed by atoms with Gasteiger partial charge >= 0.3 is 0 Å². The van der Waals surface area contributed by atoms with Gasteiger partial charge in [0.25, 0.3) is 0 Å². The maximum atomic E-state index is 2.36. The van der Waals surface area contributed by atoms with E-state index in [1.54, 1.807) is 0 Å². The van der Waals surface area contributed by atoms with Crippen molar-refractivity contribution in [3.8, 4) is 0 Å². The summed E-state index contributed by atoms with van der Waals surface area (Å²) in [5, 5.41) is 0. The molecule has 0 aromatic rings. The van der Waals surface area contributed by atoms with Crippen molar-refractivity contribution in [2.45, 2.75) is 91.4 Å². The van der Waals surface area contributed by atoms with Crippen LogP contribution in [0.1, 0.15) is 91.4 Å². The fraction of sp³-hybridized carbons (Fsp3) is 0.882. The topological polar surface area (TPSA) is 0 Å². The lowest BCUT2D eigenvalue weighted by Gasteiger charge is -2.01. The Morgan fingerprint density at radius 1 is 0.706 bits per heavy atom. The minimum Gasteiger partial charge on any atom is -0.0883 e. The summed E-state index contributed by atoms with van der Waals surface area (Å²) < 4.78 is 0. The quantitative estimate of drug-likeness (QED) is 0.268. The van der Waals surface area contributed by atoms with Crippen molar-refractivity contribution in [1.29, 1.82) is 0 Å². The molecule has 0 spiro atoms. The van der Waals surface area contributed by atoms with Gasteiger partial charge in [-0.2, -0.15) is 0 Å². The molecule has 0 heterocycles. The lowest BCUT2D eigenvalue weighted by Crippen LogP contribution is -1.82. The van der Waals surface area contributed by atoms with Crippen molar-refractivity contribution in [3.05, 3.63) is 12.2 Å². The first kappa shape index (κ1) is 16.7. The first-order valence-electron chi connectivity index (χ1n) is 7.94. The molecular formula is C17H34. The first-order chi connectivity index (χ1) is 8.27. The van der Waals surface area contributed by atoms with Gasteiger partial charge in [-0.15, -0.1) is 0 Å². The second-order valence-corrected chi connectivity index (χ2v) is 5.64. The molecule has 0 aliphatic heterocycles. The van der Waals surface area contributed by atoms with E-state index in [-0.39, 0.29) is 0 Å². The number of hydrogen-bond donors (Lipinski definition) is 0. The Morgan fingerprint density at radius 3 is 1.65 bits per heavy atom. The third kappa shape index (κ3) is 15.7. The van der Waals surface area contributed by atoms with E-state index in [9.17, 15) is 0 Å². The van der Waals surface area contributed by atoms with Crippen molar-refractivity contribution in [3.63, 3.8) is 0 Å². The van der Waals surface area contributed by atoms with Crippen LogP contribution >= 0.6 is 0 Å². The van der Waals surface area contributed by atoms with Gasteiger partial charge in [0.15, 0.2) is 0 Å². The number of allylic oxidation sites excluding steroid dienone is 2. The second-order valence-electron chi connectivity index (χ2n) is 5.64. The van der Waals surface area contributed by atoms with Crippen LogP contribution in [0.25, 0.3) is 0 Å². The minimum atomic E-state index is 0.720. The van der Waals surface area contributed by atoms with E-state index in [1.807, 2.05) is 0 Å². The van der Waals surface area contributed by atoms with Crippen molar-refractivity contribution >= 4 is 0 Å².